The molecule has 1 fully saturated rings. The van der Waals surface area contributed by atoms with Crippen molar-refractivity contribution in [3.63, 3.8) is 0 Å². The van der Waals surface area contributed by atoms with Crippen LogP contribution in [0.15, 0.2) is 30.3 Å². The van der Waals surface area contributed by atoms with Gasteiger partial charge < -0.3 is 5.32 Å². The van der Waals surface area contributed by atoms with Crippen LogP contribution >= 0.6 is 11.6 Å². The van der Waals surface area contributed by atoms with Gasteiger partial charge in [-0.25, -0.2) is 13.2 Å². The predicted octanol–water partition coefficient (Wildman–Crippen LogP) is 4.68. The van der Waals surface area contributed by atoms with Crippen molar-refractivity contribution in [2.24, 2.45) is 0 Å². The molecule has 110 valence electrons. The lowest BCUT2D eigenvalue weighted by atomic mass is 10.0. The van der Waals surface area contributed by atoms with E-state index < -0.39 is 17.5 Å². The third-order valence-corrected chi connectivity index (χ3v) is 3.82. The number of hydrogen-bond donors (Lipinski definition) is 1. The van der Waals surface area contributed by atoms with Crippen LogP contribution in [0.2, 0.25) is 5.02 Å². The van der Waals surface area contributed by atoms with Gasteiger partial charge in [0.25, 0.3) is 0 Å². The molecule has 5 heteroatoms. The Hall–Kier alpha value is -1.52. The van der Waals surface area contributed by atoms with Crippen LogP contribution in [0.5, 0.6) is 0 Å². The summed E-state index contributed by atoms with van der Waals surface area (Å²) < 4.78 is 40.6. The Morgan fingerprint density at radius 2 is 1.67 bits per heavy atom. The molecule has 3 rings (SSSR count). The van der Waals surface area contributed by atoms with Crippen LogP contribution in [0, 0.1) is 17.5 Å². The fourth-order valence-corrected chi connectivity index (χ4v) is 2.42. The van der Waals surface area contributed by atoms with Crippen molar-refractivity contribution in [3.05, 3.63) is 58.4 Å². The molecule has 1 aliphatic rings. The monoisotopic (exact) mass is 311 g/mol. The number of benzene rings is 2. The highest BCUT2D eigenvalue weighted by Crippen LogP contribution is 2.32. The van der Waals surface area contributed by atoms with Crippen molar-refractivity contribution in [1.29, 1.82) is 0 Å². The molecule has 1 N–H and O–H groups in total. The molecular weight excluding hydrogens is 299 g/mol. The van der Waals surface area contributed by atoms with Gasteiger partial charge in [0.05, 0.1) is 5.02 Å². The molecule has 21 heavy (non-hydrogen) atoms. The summed E-state index contributed by atoms with van der Waals surface area (Å²) in [7, 11) is 0. The van der Waals surface area contributed by atoms with Gasteiger partial charge in [-0.1, -0.05) is 23.7 Å². The van der Waals surface area contributed by atoms with E-state index in [9.17, 15) is 13.2 Å². The van der Waals surface area contributed by atoms with Crippen molar-refractivity contribution in [2.75, 3.05) is 0 Å². The van der Waals surface area contributed by atoms with E-state index in [2.05, 4.69) is 5.32 Å². The molecule has 0 amide bonds. The van der Waals surface area contributed by atoms with Gasteiger partial charge in [-0.2, -0.15) is 0 Å². The van der Waals surface area contributed by atoms with Gasteiger partial charge in [-0.3, -0.25) is 0 Å². The molecule has 2 aromatic rings. The van der Waals surface area contributed by atoms with Crippen LogP contribution in [0.4, 0.5) is 13.2 Å². The van der Waals surface area contributed by atoms with E-state index in [4.69, 9.17) is 11.6 Å². The minimum Gasteiger partial charge on any atom is -0.310 e. The average molecular weight is 312 g/mol. The van der Waals surface area contributed by atoms with Crippen LogP contribution in [-0.2, 0) is 6.54 Å². The van der Waals surface area contributed by atoms with Gasteiger partial charge in [0.1, 0.15) is 5.82 Å². The van der Waals surface area contributed by atoms with Crippen LogP contribution in [0.25, 0.3) is 11.1 Å². The second-order valence-electron chi connectivity index (χ2n) is 5.22. The normalized spacial score (nSPS) is 14.5. The molecule has 0 unspecified atom stereocenters. The Balaban J connectivity index is 1.89. The SMILES string of the molecule is Fc1cc(Cl)c(-c2ccc(CNC3CC3)cc2F)cc1F. The lowest BCUT2D eigenvalue weighted by molar-refractivity contribution is 0.509. The molecule has 0 saturated heterocycles. The molecule has 0 atom stereocenters. The van der Waals surface area contributed by atoms with Gasteiger partial charge >= 0.3 is 0 Å². The van der Waals surface area contributed by atoms with Gasteiger partial charge in [0.15, 0.2) is 11.6 Å². The van der Waals surface area contributed by atoms with E-state index in [0.717, 1.165) is 30.5 Å². The fraction of sp³-hybridized carbons (Fsp3) is 0.250. The maximum atomic E-state index is 14.2. The quantitative estimate of drug-likeness (QED) is 0.809. The van der Waals surface area contributed by atoms with Crippen molar-refractivity contribution in [2.45, 2.75) is 25.4 Å². The summed E-state index contributed by atoms with van der Waals surface area (Å²) in [5.41, 5.74) is 1.12. The summed E-state index contributed by atoms with van der Waals surface area (Å²) >= 11 is 5.87. The van der Waals surface area contributed by atoms with Gasteiger partial charge in [-0.05, 0) is 36.6 Å². The van der Waals surface area contributed by atoms with Crippen molar-refractivity contribution < 1.29 is 13.2 Å². The molecule has 1 saturated carbocycles. The first-order valence-corrected chi connectivity index (χ1v) is 7.09. The average Bonchev–Trinajstić information content (AvgIpc) is 3.25. The zero-order chi connectivity index (χ0) is 15.0. The zero-order valence-electron chi connectivity index (χ0n) is 11.1. The van der Waals surface area contributed by atoms with Crippen molar-refractivity contribution in [1.82, 2.24) is 5.32 Å². The van der Waals surface area contributed by atoms with Crippen molar-refractivity contribution in [3.8, 4) is 11.1 Å². The standard InChI is InChI=1S/C16H13ClF3N/c17-13-7-16(20)15(19)6-12(13)11-4-1-9(5-14(11)18)8-21-10-2-3-10/h1,4-7,10,21H,2-3,8H2. The Morgan fingerprint density at radius 3 is 2.33 bits per heavy atom. The third kappa shape index (κ3) is 3.22. The van der Waals surface area contributed by atoms with Crippen LogP contribution in [0.1, 0.15) is 18.4 Å². The number of rotatable bonds is 4. The van der Waals surface area contributed by atoms with E-state index in [1.54, 1.807) is 6.07 Å². The van der Waals surface area contributed by atoms with Gasteiger partial charge in [0.2, 0.25) is 0 Å². The number of halogens is 4. The Labute approximate surface area is 125 Å². The second kappa shape index (κ2) is 5.70. The van der Waals surface area contributed by atoms with Crippen LogP contribution < -0.4 is 5.32 Å². The topological polar surface area (TPSA) is 12.0 Å². The third-order valence-electron chi connectivity index (χ3n) is 3.51. The first-order valence-electron chi connectivity index (χ1n) is 6.71. The maximum absolute atomic E-state index is 14.2. The summed E-state index contributed by atoms with van der Waals surface area (Å²) in [4.78, 5) is 0. The highest BCUT2D eigenvalue weighted by molar-refractivity contribution is 6.33. The van der Waals surface area contributed by atoms with E-state index in [0.29, 0.717) is 12.6 Å². The zero-order valence-corrected chi connectivity index (χ0v) is 11.9. The predicted molar refractivity (Wildman–Crippen MR) is 76.6 cm³/mol. The first kappa shape index (κ1) is 14.4. The molecule has 0 aliphatic heterocycles. The minimum atomic E-state index is -1.05. The molecular formula is C16H13ClF3N. The molecule has 0 radical (unpaired) electrons. The summed E-state index contributed by atoms with van der Waals surface area (Å²) in [6.45, 7) is 0.591. The van der Waals surface area contributed by atoms with E-state index in [1.165, 1.54) is 12.1 Å². The van der Waals surface area contributed by atoms with Gasteiger partial charge in [-0.15, -0.1) is 0 Å². The summed E-state index contributed by atoms with van der Waals surface area (Å²) in [5, 5.41) is 3.27. The van der Waals surface area contributed by atoms with Crippen LogP contribution in [0.3, 0.4) is 0 Å². The molecule has 0 bridgehead atoms. The molecule has 2 aromatic carbocycles. The maximum Gasteiger partial charge on any atom is 0.160 e. The number of hydrogen-bond acceptors (Lipinski definition) is 1. The number of nitrogens with one attached hydrogen (secondary N) is 1. The molecule has 0 heterocycles. The molecule has 0 aromatic heterocycles. The highest BCUT2D eigenvalue weighted by atomic mass is 35.5. The highest BCUT2D eigenvalue weighted by Gasteiger charge is 2.20. The van der Waals surface area contributed by atoms with E-state index >= 15 is 0 Å². The Bertz CT molecular complexity index is 683. The Morgan fingerprint density at radius 1 is 0.952 bits per heavy atom. The second-order valence-corrected chi connectivity index (χ2v) is 5.62. The molecule has 1 nitrogen and oxygen atoms in total. The smallest absolute Gasteiger partial charge is 0.160 e. The summed E-state index contributed by atoms with van der Waals surface area (Å²) in [6, 6.07) is 6.99. The van der Waals surface area contributed by atoms with E-state index in [-0.39, 0.29) is 16.1 Å². The fourth-order valence-electron chi connectivity index (χ4n) is 2.17. The molecule has 1 aliphatic carbocycles. The Kier molecular flexibility index (Phi) is 3.91. The van der Waals surface area contributed by atoms with Gasteiger partial charge in [0, 0.05) is 23.7 Å². The molecule has 0 spiro atoms. The lowest BCUT2D eigenvalue weighted by Crippen LogP contribution is -2.15. The summed E-state index contributed by atoms with van der Waals surface area (Å²) in [5.74, 6) is -2.60. The largest absolute Gasteiger partial charge is 0.310 e. The van der Waals surface area contributed by atoms with Crippen LogP contribution in [-0.4, -0.2) is 6.04 Å². The minimum absolute atomic E-state index is 0.0170. The summed E-state index contributed by atoms with van der Waals surface area (Å²) in [6.07, 6.45) is 2.32. The van der Waals surface area contributed by atoms with Crippen molar-refractivity contribution >= 4 is 11.6 Å². The first-order chi connectivity index (χ1) is 10.0. The lowest BCUT2D eigenvalue weighted by Gasteiger charge is -2.09. The van der Waals surface area contributed by atoms with E-state index in [1.807, 2.05) is 0 Å².